The maximum Gasteiger partial charge on any atom is 0.339 e. The van der Waals surface area contributed by atoms with Gasteiger partial charge in [-0.15, -0.1) is 0 Å². The summed E-state index contributed by atoms with van der Waals surface area (Å²) in [5, 5.41) is 10.9. The van der Waals surface area contributed by atoms with E-state index in [0.717, 1.165) is 0 Å². The first-order chi connectivity index (χ1) is 13.3. The Morgan fingerprint density at radius 3 is 2.39 bits per heavy atom. The highest BCUT2D eigenvalue weighted by Gasteiger charge is 2.27. The Balaban J connectivity index is 2.15. The molecule has 0 fully saturated rings. The minimum absolute atomic E-state index is 0.0153. The summed E-state index contributed by atoms with van der Waals surface area (Å²) in [7, 11) is 3.17. The Kier molecular flexibility index (Phi) is 5.46. The molecular weight excluding hydrogens is 380 g/mol. The molecule has 7 nitrogen and oxygen atoms in total. The van der Waals surface area contributed by atoms with Gasteiger partial charge in [0.1, 0.15) is 5.56 Å². The first-order valence-corrected chi connectivity index (χ1v) is 8.99. The summed E-state index contributed by atoms with van der Waals surface area (Å²) in [5.41, 5.74) is 1.88. The fraction of sp³-hybridized carbons (Fsp3) is 0.200. The van der Waals surface area contributed by atoms with Crippen LogP contribution in [0.4, 0.5) is 16.2 Å². The number of aryl methyl sites for hydroxylation is 1. The van der Waals surface area contributed by atoms with E-state index < -0.39 is 12.0 Å². The van der Waals surface area contributed by atoms with Crippen LogP contribution < -0.4 is 9.80 Å². The van der Waals surface area contributed by atoms with Gasteiger partial charge in [-0.2, -0.15) is 0 Å². The van der Waals surface area contributed by atoms with Crippen LogP contribution in [-0.2, 0) is 6.42 Å². The second-order valence-corrected chi connectivity index (χ2v) is 6.65. The fourth-order valence-electron chi connectivity index (χ4n) is 3.07. The summed E-state index contributed by atoms with van der Waals surface area (Å²) >= 11 is 5.92. The summed E-state index contributed by atoms with van der Waals surface area (Å²) in [6, 6.07) is 8.08. The van der Waals surface area contributed by atoms with E-state index in [9.17, 15) is 14.7 Å². The number of carboxylic acids is 1. The summed E-state index contributed by atoms with van der Waals surface area (Å²) in [5.74, 6) is -1.13. The lowest BCUT2D eigenvalue weighted by molar-refractivity contribution is 0.0696. The third-order valence-electron chi connectivity index (χ3n) is 4.51. The smallest absolute Gasteiger partial charge is 0.339 e. The number of aromatic nitrogens is 2. The second-order valence-electron chi connectivity index (χ2n) is 6.21. The topological polar surface area (TPSA) is 86.6 Å². The molecule has 2 heterocycles. The van der Waals surface area contributed by atoms with E-state index in [0.29, 0.717) is 39.4 Å². The van der Waals surface area contributed by atoms with Crippen LogP contribution in [0.3, 0.4) is 0 Å². The molecule has 1 N–H and O–H groups in total. The van der Waals surface area contributed by atoms with E-state index >= 15 is 0 Å². The average molecular weight is 399 g/mol. The van der Waals surface area contributed by atoms with Crippen molar-refractivity contribution in [3.63, 3.8) is 0 Å². The van der Waals surface area contributed by atoms with E-state index in [-0.39, 0.29) is 5.56 Å². The molecular formula is C20H19ClN4O3. The number of hydrogen-bond donors (Lipinski definition) is 1. The lowest BCUT2D eigenvalue weighted by atomic mass is 10.0. The number of carboxylic acid groups (broad SMARTS) is 1. The maximum absolute atomic E-state index is 13.1. The van der Waals surface area contributed by atoms with Crippen LogP contribution in [0.2, 0.25) is 5.02 Å². The van der Waals surface area contributed by atoms with Crippen molar-refractivity contribution in [2.45, 2.75) is 13.3 Å². The summed E-state index contributed by atoms with van der Waals surface area (Å²) < 4.78 is 0. The van der Waals surface area contributed by atoms with Crippen molar-refractivity contribution in [2.24, 2.45) is 0 Å². The number of hydrogen-bond acceptors (Lipinski definition) is 4. The number of fused-ring (bicyclic) bond motifs is 1. The monoisotopic (exact) mass is 398 g/mol. The lowest BCUT2D eigenvalue weighted by Crippen LogP contribution is -2.40. The normalized spacial score (nSPS) is 10.7. The predicted molar refractivity (Wildman–Crippen MR) is 110 cm³/mol. The number of rotatable bonds is 4. The predicted octanol–water partition coefficient (Wildman–Crippen LogP) is 4.24. The fourth-order valence-corrected chi connectivity index (χ4v) is 3.20. The molecule has 0 spiro atoms. The maximum atomic E-state index is 13.1. The van der Waals surface area contributed by atoms with Gasteiger partial charge in [0.25, 0.3) is 0 Å². The number of carbonyl (C=O) groups excluding carboxylic acids is 1. The molecule has 8 heteroatoms. The van der Waals surface area contributed by atoms with Gasteiger partial charge < -0.3 is 5.11 Å². The molecule has 0 bridgehead atoms. The van der Waals surface area contributed by atoms with Gasteiger partial charge in [0, 0.05) is 36.4 Å². The van der Waals surface area contributed by atoms with Crippen molar-refractivity contribution >= 4 is 45.9 Å². The minimum atomic E-state index is -1.13. The molecule has 0 saturated heterocycles. The third kappa shape index (κ3) is 3.48. The number of anilines is 2. The molecule has 2 amide bonds. The van der Waals surface area contributed by atoms with Crippen molar-refractivity contribution in [3.05, 3.63) is 59.0 Å². The SMILES string of the molecule is CCc1nc2cnccc2c(N(C)C(=O)N(C)c2ccc(Cl)cc2)c1C(=O)O. The van der Waals surface area contributed by atoms with Crippen molar-refractivity contribution in [2.75, 3.05) is 23.9 Å². The van der Waals surface area contributed by atoms with Gasteiger partial charge in [-0.25, -0.2) is 9.59 Å². The molecule has 0 saturated carbocycles. The highest BCUT2D eigenvalue weighted by molar-refractivity contribution is 6.30. The van der Waals surface area contributed by atoms with Gasteiger partial charge in [-0.3, -0.25) is 19.8 Å². The molecule has 28 heavy (non-hydrogen) atoms. The van der Waals surface area contributed by atoms with Gasteiger partial charge in [0.2, 0.25) is 0 Å². The van der Waals surface area contributed by atoms with E-state index in [1.807, 2.05) is 6.92 Å². The zero-order valence-corrected chi connectivity index (χ0v) is 16.4. The molecule has 0 aliphatic carbocycles. The van der Waals surface area contributed by atoms with Crippen molar-refractivity contribution in [3.8, 4) is 0 Å². The van der Waals surface area contributed by atoms with E-state index in [4.69, 9.17) is 11.6 Å². The average Bonchev–Trinajstić information content (AvgIpc) is 2.71. The molecule has 144 valence electrons. The molecule has 2 aromatic heterocycles. The van der Waals surface area contributed by atoms with Gasteiger partial charge in [-0.05, 0) is 36.8 Å². The third-order valence-corrected chi connectivity index (χ3v) is 4.76. The van der Waals surface area contributed by atoms with Crippen LogP contribution in [0.15, 0.2) is 42.7 Å². The first-order valence-electron chi connectivity index (χ1n) is 8.62. The van der Waals surface area contributed by atoms with Crippen LogP contribution in [0.25, 0.3) is 10.9 Å². The van der Waals surface area contributed by atoms with Crippen molar-refractivity contribution in [1.29, 1.82) is 0 Å². The zero-order valence-electron chi connectivity index (χ0n) is 15.7. The van der Waals surface area contributed by atoms with Crippen LogP contribution in [-0.4, -0.2) is 41.2 Å². The van der Waals surface area contributed by atoms with Crippen LogP contribution in [0, 0.1) is 0 Å². The standard InChI is InChI=1S/C20H19ClN4O3/c1-4-15-17(19(26)27)18(14-9-10-22-11-16(14)23-15)25(3)20(28)24(2)13-7-5-12(21)6-8-13/h5-11H,4H2,1-3H3,(H,26,27). The first kappa shape index (κ1) is 19.6. The molecule has 1 aromatic carbocycles. The number of aromatic carboxylic acids is 1. The molecule has 3 aromatic rings. The number of benzene rings is 1. The van der Waals surface area contributed by atoms with Crippen molar-refractivity contribution in [1.82, 2.24) is 9.97 Å². The minimum Gasteiger partial charge on any atom is -0.478 e. The number of amides is 2. The van der Waals surface area contributed by atoms with Gasteiger partial charge in [-0.1, -0.05) is 18.5 Å². The number of pyridine rings is 2. The molecule has 0 aliphatic rings. The quantitative estimate of drug-likeness (QED) is 0.710. The Bertz CT molecular complexity index is 1050. The second kappa shape index (κ2) is 7.82. The number of nitrogens with zero attached hydrogens (tertiary/aromatic N) is 4. The summed E-state index contributed by atoms with van der Waals surface area (Å²) in [6.45, 7) is 1.82. The van der Waals surface area contributed by atoms with Gasteiger partial charge >= 0.3 is 12.0 Å². The molecule has 0 aliphatic heterocycles. The number of halogens is 1. The van der Waals surface area contributed by atoms with E-state index in [1.54, 1.807) is 56.8 Å². The van der Waals surface area contributed by atoms with Crippen LogP contribution >= 0.6 is 11.6 Å². The van der Waals surface area contributed by atoms with Crippen LogP contribution in [0.5, 0.6) is 0 Å². The van der Waals surface area contributed by atoms with Crippen molar-refractivity contribution < 1.29 is 14.7 Å². The lowest BCUT2D eigenvalue weighted by Gasteiger charge is -2.27. The number of carbonyl (C=O) groups is 2. The molecule has 0 radical (unpaired) electrons. The van der Waals surface area contributed by atoms with Crippen LogP contribution in [0.1, 0.15) is 23.0 Å². The van der Waals surface area contributed by atoms with E-state index in [1.165, 1.54) is 9.80 Å². The summed E-state index contributed by atoms with van der Waals surface area (Å²) in [6.07, 6.45) is 3.52. The Labute approximate surface area is 167 Å². The van der Waals surface area contributed by atoms with Gasteiger partial charge in [0.15, 0.2) is 0 Å². The molecule has 0 atom stereocenters. The summed E-state index contributed by atoms with van der Waals surface area (Å²) in [4.78, 5) is 36.4. The molecule has 3 rings (SSSR count). The highest BCUT2D eigenvalue weighted by Crippen LogP contribution is 2.32. The Morgan fingerprint density at radius 2 is 1.79 bits per heavy atom. The Hall–Kier alpha value is -3.19. The number of urea groups is 1. The van der Waals surface area contributed by atoms with Gasteiger partial charge in [0.05, 0.1) is 23.1 Å². The Morgan fingerprint density at radius 1 is 1.11 bits per heavy atom. The zero-order chi connectivity index (χ0) is 20.4. The van der Waals surface area contributed by atoms with E-state index in [2.05, 4.69) is 9.97 Å². The largest absolute Gasteiger partial charge is 0.478 e. The molecule has 0 unspecified atom stereocenters. The highest BCUT2D eigenvalue weighted by atomic mass is 35.5.